The molecule has 168 valence electrons. The molecule has 0 N–H and O–H groups in total. The maximum Gasteiger partial charge on any atom is 0.224 e. The van der Waals surface area contributed by atoms with Gasteiger partial charge in [0, 0.05) is 13.0 Å². The molecule has 0 bridgehead atoms. The molecular formula is C24H29F2NO3S. The molecule has 0 aromatic heterocycles. The van der Waals surface area contributed by atoms with Crippen LogP contribution in [0.5, 0.6) is 0 Å². The van der Waals surface area contributed by atoms with Gasteiger partial charge in [0.2, 0.25) is 5.91 Å². The van der Waals surface area contributed by atoms with Gasteiger partial charge in [-0.05, 0) is 54.7 Å². The lowest BCUT2D eigenvalue weighted by Gasteiger charge is -2.32. The van der Waals surface area contributed by atoms with Gasteiger partial charge >= 0.3 is 0 Å². The third-order valence-electron chi connectivity index (χ3n) is 5.99. The van der Waals surface area contributed by atoms with Gasteiger partial charge in [-0.1, -0.05) is 44.0 Å². The van der Waals surface area contributed by atoms with Crippen molar-refractivity contribution in [1.82, 2.24) is 4.90 Å². The average molecular weight is 450 g/mol. The van der Waals surface area contributed by atoms with Crippen molar-refractivity contribution in [3.8, 4) is 0 Å². The molecule has 1 fully saturated rings. The first-order chi connectivity index (χ1) is 14.8. The maximum atomic E-state index is 13.7. The Morgan fingerprint density at radius 3 is 2.35 bits per heavy atom. The number of amides is 1. The largest absolute Gasteiger partial charge is 0.331 e. The first kappa shape index (κ1) is 23.4. The summed E-state index contributed by atoms with van der Waals surface area (Å²) in [6.45, 7) is 2.06. The van der Waals surface area contributed by atoms with Crippen molar-refractivity contribution < 1.29 is 22.0 Å². The second-order valence-corrected chi connectivity index (χ2v) is 10.6. The van der Waals surface area contributed by atoms with Crippen LogP contribution in [0.15, 0.2) is 48.5 Å². The molecular weight excluding hydrogens is 420 g/mol. The molecule has 2 aromatic rings. The number of carbonyl (C=O) groups is 1. The number of hydrogen-bond donors (Lipinski definition) is 0. The van der Waals surface area contributed by atoms with Crippen LogP contribution in [-0.2, 0) is 21.2 Å². The molecule has 0 spiro atoms. The SMILES string of the molecule is CCC(c1ccc(F)cc1)N(Cc1cccc(F)c1)C(=O)CCS(=O)(=O)C1CCCC1. The second-order valence-electron chi connectivity index (χ2n) is 8.15. The lowest BCUT2D eigenvalue weighted by atomic mass is 10.0. The Hall–Kier alpha value is -2.28. The van der Waals surface area contributed by atoms with E-state index < -0.39 is 15.7 Å². The van der Waals surface area contributed by atoms with Crippen molar-refractivity contribution >= 4 is 15.7 Å². The lowest BCUT2D eigenvalue weighted by Crippen LogP contribution is -2.36. The summed E-state index contributed by atoms with van der Waals surface area (Å²) in [4.78, 5) is 14.8. The molecule has 0 radical (unpaired) electrons. The Kier molecular flexibility index (Phi) is 7.81. The van der Waals surface area contributed by atoms with Gasteiger partial charge < -0.3 is 4.90 Å². The fourth-order valence-corrected chi connectivity index (χ4v) is 6.16. The second kappa shape index (κ2) is 10.4. The molecule has 31 heavy (non-hydrogen) atoms. The average Bonchev–Trinajstić information content (AvgIpc) is 3.29. The topological polar surface area (TPSA) is 54.5 Å². The smallest absolute Gasteiger partial charge is 0.224 e. The van der Waals surface area contributed by atoms with Crippen LogP contribution < -0.4 is 0 Å². The number of hydrogen-bond acceptors (Lipinski definition) is 3. The molecule has 1 aliphatic rings. The van der Waals surface area contributed by atoms with Crippen LogP contribution in [0.25, 0.3) is 0 Å². The number of sulfone groups is 1. The summed E-state index contributed by atoms with van der Waals surface area (Å²) >= 11 is 0. The van der Waals surface area contributed by atoms with Crippen molar-refractivity contribution in [2.75, 3.05) is 5.75 Å². The quantitative estimate of drug-likeness (QED) is 0.529. The molecule has 1 unspecified atom stereocenters. The van der Waals surface area contributed by atoms with E-state index in [1.54, 1.807) is 29.2 Å². The van der Waals surface area contributed by atoms with Crippen molar-refractivity contribution in [3.63, 3.8) is 0 Å². The predicted molar refractivity (Wildman–Crippen MR) is 117 cm³/mol. The van der Waals surface area contributed by atoms with E-state index in [0.29, 0.717) is 24.8 Å². The highest BCUT2D eigenvalue weighted by Gasteiger charge is 2.31. The molecule has 0 heterocycles. The van der Waals surface area contributed by atoms with E-state index in [9.17, 15) is 22.0 Å². The van der Waals surface area contributed by atoms with Gasteiger partial charge in [0.1, 0.15) is 11.6 Å². The Labute approximate surface area is 183 Å². The minimum atomic E-state index is -3.33. The summed E-state index contributed by atoms with van der Waals surface area (Å²) in [5, 5.41) is -0.351. The van der Waals surface area contributed by atoms with Gasteiger partial charge in [-0.25, -0.2) is 17.2 Å². The minimum Gasteiger partial charge on any atom is -0.331 e. The van der Waals surface area contributed by atoms with E-state index >= 15 is 0 Å². The summed E-state index contributed by atoms with van der Waals surface area (Å²) < 4.78 is 52.4. The minimum absolute atomic E-state index is 0.119. The zero-order valence-electron chi connectivity index (χ0n) is 17.8. The van der Waals surface area contributed by atoms with Crippen molar-refractivity contribution in [3.05, 3.63) is 71.3 Å². The first-order valence-corrected chi connectivity index (χ1v) is 12.5. The zero-order valence-corrected chi connectivity index (χ0v) is 18.6. The molecule has 2 aromatic carbocycles. The molecule has 1 atom stereocenters. The van der Waals surface area contributed by atoms with E-state index in [4.69, 9.17) is 0 Å². The normalized spacial score (nSPS) is 15.7. The maximum absolute atomic E-state index is 13.7. The third-order valence-corrected chi connectivity index (χ3v) is 8.25. The Morgan fingerprint density at radius 1 is 1.06 bits per heavy atom. The van der Waals surface area contributed by atoms with E-state index in [1.807, 2.05) is 6.92 Å². The van der Waals surface area contributed by atoms with Crippen LogP contribution in [-0.4, -0.2) is 30.2 Å². The molecule has 1 aliphatic carbocycles. The fourth-order valence-electron chi connectivity index (χ4n) is 4.31. The van der Waals surface area contributed by atoms with Crippen molar-refractivity contribution in [2.24, 2.45) is 0 Å². The summed E-state index contributed by atoms with van der Waals surface area (Å²) in [7, 11) is -3.33. The molecule has 4 nitrogen and oxygen atoms in total. The molecule has 1 amide bonds. The van der Waals surface area contributed by atoms with E-state index in [-0.39, 0.29) is 41.7 Å². The Bertz CT molecular complexity index is 986. The Morgan fingerprint density at radius 2 is 1.74 bits per heavy atom. The van der Waals surface area contributed by atoms with Crippen molar-refractivity contribution in [1.29, 1.82) is 0 Å². The summed E-state index contributed by atoms with van der Waals surface area (Å²) in [6.07, 6.45) is 3.58. The molecule has 0 aliphatic heterocycles. The number of carbonyl (C=O) groups excluding carboxylic acids is 1. The highest BCUT2D eigenvalue weighted by molar-refractivity contribution is 7.92. The summed E-state index contributed by atoms with van der Waals surface area (Å²) in [6, 6.07) is 11.6. The zero-order chi connectivity index (χ0) is 22.4. The summed E-state index contributed by atoms with van der Waals surface area (Å²) in [5.41, 5.74) is 1.37. The van der Waals surface area contributed by atoms with Crippen LogP contribution >= 0.6 is 0 Å². The van der Waals surface area contributed by atoms with Crippen LogP contribution in [0.3, 0.4) is 0 Å². The molecule has 0 saturated heterocycles. The number of nitrogens with zero attached hydrogens (tertiary/aromatic N) is 1. The number of halogens is 2. The summed E-state index contributed by atoms with van der Waals surface area (Å²) in [5.74, 6) is -1.26. The third kappa shape index (κ3) is 6.12. The van der Waals surface area contributed by atoms with Gasteiger partial charge in [-0.2, -0.15) is 0 Å². The van der Waals surface area contributed by atoms with Crippen LogP contribution in [0, 0.1) is 11.6 Å². The molecule has 3 rings (SSSR count). The van der Waals surface area contributed by atoms with Crippen LogP contribution in [0.4, 0.5) is 8.78 Å². The van der Waals surface area contributed by atoms with Crippen molar-refractivity contribution in [2.45, 2.75) is 63.3 Å². The fraction of sp³-hybridized carbons (Fsp3) is 0.458. The van der Waals surface area contributed by atoms with E-state index in [0.717, 1.165) is 18.4 Å². The van der Waals surface area contributed by atoms with Crippen LogP contribution in [0.1, 0.15) is 62.6 Å². The number of benzene rings is 2. The monoisotopic (exact) mass is 449 g/mol. The predicted octanol–water partition coefficient (Wildman–Crippen LogP) is 5.19. The lowest BCUT2D eigenvalue weighted by molar-refractivity contribution is -0.134. The highest BCUT2D eigenvalue weighted by Crippen LogP contribution is 2.29. The van der Waals surface area contributed by atoms with E-state index in [1.165, 1.54) is 24.3 Å². The molecule has 1 saturated carbocycles. The van der Waals surface area contributed by atoms with Crippen LogP contribution in [0.2, 0.25) is 0 Å². The first-order valence-electron chi connectivity index (χ1n) is 10.8. The Balaban J connectivity index is 1.83. The van der Waals surface area contributed by atoms with Gasteiger partial charge in [0.15, 0.2) is 9.84 Å². The van der Waals surface area contributed by atoms with Gasteiger partial charge in [0.05, 0.1) is 17.0 Å². The highest BCUT2D eigenvalue weighted by atomic mass is 32.2. The van der Waals surface area contributed by atoms with Gasteiger partial charge in [-0.3, -0.25) is 4.79 Å². The van der Waals surface area contributed by atoms with Gasteiger partial charge in [-0.15, -0.1) is 0 Å². The molecule has 7 heteroatoms. The van der Waals surface area contributed by atoms with Gasteiger partial charge in [0.25, 0.3) is 0 Å². The number of rotatable bonds is 9. The van der Waals surface area contributed by atoms with E-state index in [2.05, 4.69) is 0 Å². The standard InChI is InChI=1S/C24H29F2NO3S/c1-2-23(19-10-12-20(25)13-11-19)27(17-18-6-5-7-21(26)16-18)24(28)14-15-31(29,30)22-8-3-4-9-22/h5-7,10-13,16,22-23H,2-4,8-9,14-15,17H2,1H3.